The molecule has 38 heavy (non-hydrogen) atoms. The summed E-state index contributed by atoms with van der Waals surface area (Å²) >= 11 is 0. The monoisotopic (exact) mass is 564 g/mol. The van der Waals surface area contributed by atoms with Gasteiger partial charge < -0.3 is 29.6 Å². The topological polar surface area (TPSA) is 129 Å². The van der Waals surface area contributed by atoms with Crippen LogP contribution >= 0.6 is 21.6 Å². The molecule has 0 saturated carbocycles. The molecule has 2 rings (SSSR count). The summed E-state index contributed by atoms with van der Waals surface area (Å²) in [6.07, 6.45) is -1.52. The van der Waals surface area contributed by atoms with Crippen LogP contribution in [0.5, 0.6) is 0 Å². The van der Waals surface area contributed by atoms with Crippen LogP contribution in [0, 0.1) is 0 Å². The van der Waals surface area contributed by atoms with Crippen LogP contribution in [0.1, 0.15) is 25.0 Å². The van der Waals surface area contributed by atoms with Gasteiger partial charge in [0.25, 0.3) is 0 Å². The number of nitrogens with one attached hydrogen (secondary N) is 2. The molecule has 0 aliphatic heterocycles. The van der Waals surface area contributed by atoms with Crippen molar-refractivity contribution in [1.82, 2.24) is 10.6 Å². The third-order valence-corrected chi connectivity index (χ3v) is 7.13. The summed E-state index contributed by atoms with van der Waals surface area (Å²) in [5, 5.41) is 5.03. The zero-order valence-corrected chi connectivity index (χ0v) is 22.9. The van der Waals surface area contributed by atoms with Crippen molar-refractivity contribution in [1.29, 1.82) is 0 Å². The fraction of sp³-hybridized carbons (Fsp3) is 0.385. The maximum absolute atomic E-state index is 12.3. The summed E-state index contributed by atoms with van der Waals surface area (Å²) in [6.45, 7) is 3.73. The highest BCUT2D eigenvalue weighted by Crippen LogP contribution is 2.24. The van der Waals surface area contributed by atoms with E-state index in [9.17, 15) is 19.2 Å². The Kier molecular flexibility index (Phi) is 14.6. The highest BCUT2D eigenvalue weighted by atomic mass is 33.1. The normalized spacial score (nSPS) is 11.9. The van der Waals surface area contributed by atoms with E-state index in [1.807, 2.05) is 60.7 Å². The number of benzene rings is 2. The van der Waals surface area contributed by atoms with Crippen LogP contribution in [-0.4, -0.2) is 60.9 Å². The molecule has 0 radical (unpaired) electrons. The van der Waals surface area contributed by atoms with Crippen molar-refractivity contribution in [3.63, 3.8) is 0 Å². The first-order chi connectivity index (χ1) is 18.4. The lowest BCUT2D eigenvalue weighted by atomic mass is 10.2. The van der Waals surface area contributed by atoms with Crippen LogP contribution < -0.4 is 10.6 Å². The molecule has 10 nitrogen and oxygen atoms in total. The standard InChI is InChI=1S/C26H32N2O8S2/c1-3-33-23(29)21(27-25(31)35-15-19-11-7-5-8-12-19)17-37-38-18-22(24(30)34-4-2)28-26(32)36-16-20-13-9-6-10-14-20/h5-14,21-22H,3-4,15-18H2,1-2H3,(H,27,31)(H,28,32)/t21-,22?/m0/s1. The van der Waals surface area contributed by atoms with E-state index < -0.39 is 36.2 Å². The number of carbonyl (C=O) groups is 4. The molecule has 0 heterocycles. The minimum Gasteiger partial charge on any atom is -0.464 e. The Morgan fingerprint density at radius 1 is 0.632 bits per heavy atom. The van der Waals surface area contributed by atoms with E-state index in [1.165, 1.54) is 21.6 Å². The van der Waals surface area contributed by atoms with Gasteiger partial charge in [-0.05, 0) is 25.0 Å². The van der Waals surface area contributed by atoms with Gasteiger partial charge in [0.2, 0.25) is 0 Å². The van der Waals surface area contributed by atoms with Gasteiger partial charge in [-0.15, -0.1) is 0 Å². The van der Waals surface area contributed by atoms with Crippen LogP contribution in [0.3, 0.4) is 0 Å². The lowest BCUT2D eigenvalue weighted by molar-refractivity contribution is -0.145. The van der Waals surface area contributed by atoms with Crippen LogP contribution in [0.2, 0.25) is 0 Å². The zero-order valence-electron chi connectivity index (χ0n) is 21.3. The largest absolute Gasteiger partial charge is 0.464 e. The van der Waals surface area contributed by atoms with Gasteiger partial charge in [0.05, 0.1) is 13.2 Å². The van der Waals surface area contributed by atoms with Gasteiger partial charge in [-0.1, -0.05) is 82.3 Å². The van der Waals surface area contributed by atoms with Gasteiger partial charge in [0.15, 0.2) is 0 Å². The maximum Gasteiger partial charge on any atom is 0.408 e. The average Bonchev–Trinajstić information content (AvgIpc) is 2.93. The Hall–Kier alpha value is -3.38. The Morgan fingerprint density at radius 3 is 1.34 bits per heavy atom. The number of carbonyl (C=O) groups excluding carboxylic acids is 4. The minimum atomic E-state index is -0.972. The number of ether oxygens (including phenoxy) is 4. The number of esters is 2. The summed E-state index contributed by atoms with van der Waals surface area (Å²) in [6, 6.07) is 16.3. The van der Waals surface area contributed by atoms with Crippen LogP contribution in [-0.2, 0) is 41.8 Å². The third kappa shape index (κ3) is 12.2. The molecule has 206 valence electrons. The highest BCUT2D eigenvalue weighted by Gasteiger charge is 2.26. The average molecular weight is 565 g/mol. The minimum absolute atomic E-state index is 0.0529. The van der Waals surface area contributed by atoms with E-state index in [0.29, 0.717) is 0 Å². The first-order valence-electron chi connectivity index (χ1n) is 11.9. The predicted molar refractivity (Wildman–Crippen MR) is 145 cm³/mol. The molecule has 2 amide bonds. The molecule has 12 heteroatoms. The first-order valence-corrected chi connectivity index (χ1v) is 14.4. The number of hydrogen-bond donors (Lipinski definition) is 2. The number of rotatable bonds is 15. The van der Waals surface area contributed by atoms with Crippen molar-refractivity contribution < 1.29 is 38.1 Å². The fourth-order valence-corrected chi connectivity index (χ4v) is 5.17. The molecule has 0 aliphatic carbocycles. The Bertz CT molecular complexity index is 929. The number of alkyl carbamates (subject to hydrolysis) is 2. The quantitative estimate of drug-likeness (QED) is 0.141. The van der Waals surface area contributed by atoms with Gasteiger partial charge in [-0.25, -0.2) is 19.2 Å². The SMILES string of the molecule is CCOC(=O)C(CSSC[C@H](NC(=O)OCc1ccccc1)C(=O)OCC)NC(=O)OCc1ccccc1. The van der Waals surface area contributed by atoms with Crippen molar-refractivity contribution in [2.24, 2.45) is 0 Å². The van der Waals surface area contributed by atoms with E-state index in [4.69, 9.17) is 18.9 Å². The van der Waals surface area contributed by atoms with Gasteiger partial charge in [0, 0.05) is 11.5 Å². The zero-order chi connectivity index (χ0) is 27.6. The molecule has 2 N–H and O–H groups in total. The Morgan fingerprint density at radius 2 is 1.00 bits per heavy atom. The summed E-state index contributed by atoms with van der Waals surface area (Å²) in [4.78, 5) is 49.2. The van der Waals surface area contributed by atoms with Crippen molar-refractivity contribution in [3.8, 4) is 0 Å². The summed E-state index contributed by atoms with van der Waals surface area (Å²) in [5.74, 6) is -0.945. The molecular formula is C26H32N2O8S2. The predicted octanol–water partition coefficient (Wildman–Crippen LogP) is 4.08. The molecule has 0 aromatic heterocycles. The highest BCUT2D eigenvalue weighted by molar-refractivity contribution is 8.76. The molecule has 0 spiro atoms. The second-order valence-corrected chi connectivity index (χ2v) is 10.1. The van der Waals surface area contributed by atoms with Gasteiger partial charge >= 0.3 is 24.1 Å². The van der Waals surface area contributed by atoms with Crippen molar-refractivity contribution in [2.45, 2.75) is 39.1 Å². The molecule has 2 aromatic rings. The fourth-order valence-electron chi connectivity index (χ4n) is 2.87. The molecule has 1 unspecified atom stereocenters. The summed E-state index contributed by atoms with van der Waals surface area (Å²) in [7, 11) is 2.44. The molecule has 0 aliphatic rings. The molecule has 2 aromatic carbocycles. The first kappa shape index (κ1) is 30.8. The molecule has 0 fully saturated rings. The Labute approximate surface area is 229 Å². The lowest BCUT2D eigenvalue weighted by Crippen LogP contribution is -2.44. The second kappa shape index (κ2) is 18.0. The second-order valence-electron chi connectivity index (χ2n) is 7.59. The van der Waals surface area contributed by atoms with E-state index in [2.05, 4.69) is 10.6 Å². The van der Waals surface area contributed by atoms with Gasteiger partial charge in [-0.2, -0.15) is 0 Å². The molecular weight excluding hydrogens is 532 g/mol. The van der Waals surface area contributed by atoms with E-state index >= 15 is 0 Å². The van der Waals surface area contributed by atoms with Crippen molar-refractivity contribution in [2.75, 3.05) is 24.7 Å². The van der Waals surface area contributed by atoms with E-state index in [1.54, 1.807) is 13.8 Å². The van der Waals surface area contributed by atoms with E-state index in [-0.39, 0.29) is 37.9 Å². The summed E-state index contributed by atoms with van der Waals surface area (Å²) in [5.41, 5.74) is 1.61. The molecule has 2 atom stereocenters. The van der Waals surface area contributed by atoms with Gasteiger partial charge in [0.1, 0.15) is 25.3 Å². The lowest BCUT2D eigenvalue weighted by Gasteiger charge is -2.18. The molecule has 0 saturated heterocycles. The van der Waals surface area contributed by atoms with Gasteiger partial charge in [-0.3, -0.25) is 0 Å². The van der Waals surface area contributed by atoms with Crippen LogP contribution in [0.15, 0.2) is 60.7 Å². The van der Waals surface area contributed by atoms with Crippen molar-refractivity contribution in [3.05, 3.63) is 71.8 Å². The van der Waals surface area contributed by atoms with Crippen LogP contribution in [0.4, 0.5) is 9.59 Å². The third-order valence-electron chi connectivity index (χ3n) is 4.70. The maximum atomic E-state index is 12.3. The van der Waals surface area contributed by atoms with E-state index in [0.717, 1.165) is 11.1 Å². The Balaban J connectivity index is 1.84. The molecule has 0 bridgehead atoms. The smallest absolute Gasteiger partial charge is 0.408 e. The summed E-state index contributed by atoms with van der Waals surface area (Å²) < 4.78 is 20.5. The number of amides is 2. The number of hydrogen-bond acceptors (Lipinski definition) is 10. The van der Waals surface area contributed by atoms with Crippen molar-refractivity contribution >= 4 is 45.7 Å². The van der Waals surface area contributed by atoms with Crippen LogP contribution in [0.25, 0.3) is 0 Å².